The molecule has 5 nitrogen and oxygen atoms in total. The quantitative estimate of drug-likeness (QED) is 0.670. The van der Waals surface area contributed by atoms with Crippen molar-refractivity contribution in [3.05, 3.63) is 35.4 Å². The van der Waals surface area contributed by atoms with Crippen molar-refractivity contribution in [3.63, 3.8) is 0 Å². The number of benzene rings is 1. The second-order valence-corrected chi connectivity index (χ2v) is 4.75. The van der Waals surface area contributed by atoms with Gasteiger partial charge in [0.15, 0.2) is 0 Å². The lowest BCUT2D eigenvalue weighted by Gasteiger charge is -2.04. The first-order valence-corrected chi connectivity index (χ1v) is 7.17. The summed E-state index contributed by atoms with van der Waals surface area (Å²) in [4.78, 5) is 20.7. The van der Waals surface area contributed by atoms with E-state index >= 15 is 0 Å². The van der Waals surface area contributed by atoms with E-state index in [2.05, 4.69) is 6.92 Å². The Kier molecular flexibility index (Phi) is 9.88. The largest absolute Gasteiger partial charge is 0.478 e. The molecule has 0 radical (unpaired) electrons. The van der Waals surface area contributed by atoms with E-state index in [9.17, 15) is 9.59 Å². The van der Waals surface area contributed by atoms with Crippen LogP contribution in [0.1, 0.15) is 66.7 Å². The summed E-state index contributed by atoms with van der Waals surface area (Å²) in [5, 5.41) is 26.0. The summed E-state index contributed by atoms with van der Waals surface area (Å²) < 4.78 is 0. The third kappa shape index (κ3) is 8.81. The number of aliphatic hydroxyl groups excluding tert-OH is 1. The zero-order chi connectivity index (χ0) is 16.3. The Morgan fingerprint density at radius 2 is 1.38 bits per heavy atom. The van der Waals surface area contributed by atoms with Crippen molar-refractivity contribution >= 4 is 11.9 Å². The second-order valence-electron chi connectivity index (χ2n) is 4.75. The van der Waals surface area contributed by atoms with Gasteiger partial charge in [-0.25, -0.2) is 9.59 Å². The maximum atomic E-state index is 10.3. The first-order valence-electron chi connectivity index (χ1n) is 7.17. The van der Waals surface area contributed by atoms with Crippen molar-refractivity contribution in [2.45, 2.75) is 52.1 Å². The van der Waals surface area contributed by atoms with Crippen molar-refractivity contribution in [2.24, 2.45) is 0 Å². The van der Waals surface area contributed by atoms with E-state index in [1.807, 2.05) is 6.92 Å². The van der Waals surface area contributed by atoms with E-state index in [1.165, 1.54) is 43.5 Å². The zero-order valence-electron chi connectivity index (χ0n) is 12.6. The fourth-order valence-electron chi connectivity index (χ4n) is 1.59. The second kappa shape index (κ2) is 10.9. The van der Waals surface area contributed by atoms with Crippen molar-refractivity contribution in [1.82, 2.24) is 0 Å². The van der Waals surface area contributed by atoms with Gasteiger partial charge in [0.25, 0.3) is 0 Å². The minimum Gasteiger partial charge on any atom is -0.478 e. The van der Waals surface area contributed by atoms with Gasteiger partial charge in [0.2, 0.25) is 0 Å². The van der Waals surface area contributed by atoms with Crippen molar-refractivity contribution < 1.29 is 24.9 Å². The van der Waals surface area contributed by atoms with Crippen LogP contribution in [-0.4, -0.2) is 33.4 Å². The lowest BCUT2D eigenvalue weighted by atomic mass is 10.1. The molecular weight excluding hydrogens is 272 g/mol. The number of carboxylic acids is 2. The first kappa shape index (κ1) is 19.1. The van der Waals surface area contributed by atoms with E-state index in [4.69, 9.17) is 15.3 Å². The maximum absolute atomic E-state index is 10.3. The molecule has 0 aromatic heterocycles. The van der Waals surface area contributed by atoms with Crippen LogP contribution in [0.2, 0.25) is 0 Å². The fourth-order valence-corrected chi connectivity index (χ4v) is 1.59. The predicted molar refractivity (Wildman–Crippen MR) is 80.8 cm³/mol. The van der Waals surface area contributed by atoms with Gasteiger partial charge in [-0.1, -0.05) is 33.1 Å². The van der Waals surface area contributed by atoms with Crippen molar-refractivity contribution in [3.8, 4) is 0 Å². The molecule has 0 aliphatic rings. The van der Waals surface area contributed by atoms with Gasteiger partial charge in [-0.3, -0.25) is 0 Å². The molecule has 1 aromatic rings. The lowest BCUT2D eigenvalue weighted by molar-refractivity contribution is 0.0681. The molecule has 1 rings (SSSR count). The van der Waals surface area contributed by atoms with Crippen LogP contribution in [-0.2, 0) is 0 Å². The Balaban J connectivity index is 0.000000400. The molecule has 0 saturated carbocycles. The molecule has 0 saturated heterocycles. The Morgan fingerprint density at radius 3 is 1.67 bits per heavy atom. The summed E-state index contributed by atoms with van der Waals surface area (Å²) in [6.45, 7) is 4.20. The van der Waals surface area contributed by atoms with E-state index < -0.39 is 11.9 Å². The number of carbonyl (C=O) groups is 2. The molecule has 21 heavy (non-hydrogen) atoms. The predicted octanol–water partition coefficient (Wildman–Crippen LogP) is 3.42. The molecule has 0 amide bonds. The van der Waals surface area contributed by atoms with Crippen LogP contribution >= 0.6 is 0 Å². The lowest BCUT2D eigenvalue weighted by Crippen LogP contribution is -2.02. The van der Waals surface area contributed by atoms with Gasteiger partial charge < -0.3 is 15.3 Å². The highest BCUT2D eigenvalue weighted by Gasteiger charge is 2.04. The van der Waals surface area contributed by atoms with Crippen molar-refractivity contribution in [1.29, 1.82) is 0 Å². The average Bonchev–Trinajstić information content (AvgIpc) is 2.48. The summed E-state index contributed by atoms with van der Waals surface area (Å²) in [7, 11) is 0. The van der Waals surface area contributed by atoms with Crippen LogP contribution in [0.25, 0.3) is 0 Å². The molecule has 0 spiro atoms. The molecule has 0 aliphatic heterocycles. The monoisotopic (exact) mass is 296 g/mol. The van der Waals surface area contributed by atoms with Gasteiger partial charge in [-0.15, -0.1) is 0 Å². The SMILES string of the molecule is CCCCCC(O)CC.O=C(O)c1ccc(C(=O)O)cc1. The number of hydrogen-bond acceptors (Lipinski definition) is 3. The van der Waals surface area contributed by atoms with E-state index in [0.717, 1.165) is 12.8 Å². The van der Waals surface area contributed by atoms with Gasteiger partial charge in [0.05, 0.1) is 17.2 Å². The molecule has 0 aliphatic carbocycles. The number of hydrogen-bond donors (Lipinski definition) is 3. The van der Waals surface area contributed by atoms with Crippen molar-refractivity contribution in [2.75, 3.05) is 0 Å². The van der Waals surface area contributed by atoms with Gasteiger partial charge >= 0.3 is 11.9 Å². The summed E-state index contributed by atoms with van der Waals surface area (Å²) in [6.07, 6.45) is 5.55. The van der Waals surface area contributed by atoms with Crippen LogP contribution in [0.3, 0.4) is 0 Å². The topological polar surface area (TPSA) is 94.8 Å². The number of rotatable bonds is 7. The summed E-state index contributed by atoms with van der Waals surface area (Å²) in [5.74, 6) is -2.13. The molecular formula is C16H24O5. The maximum Gasteiger partial charge on any atom is 0.335 e. The number of carboxylic acid groups (broad SMARTS) is 2. The van der Waals surface area contributed by atoms with E-state index in [-0.39, 0.29) is 17.2 Å². The molecule has 118 valence electrons. The standard InChI is InChI=1S/C8H6O4.C8H18O/c9-7(10)5-1-2-6(4-3-5)8(11)12;1-3-5-6-7-8(9)4-2/h1-4H,(H,9,10)(H,11,12);8-9H,3-7H2,1-2H3. The Bertz CT molecular complexity index is 392. The Hall–Kier alpha value is -1.88. The number of aliphatic hydroxyl groups is 1. The fraction of sp³-hybridized carbons (Fsp3) is 0.500. The van der Waals surface area contributed by atoms with E-state index in [1.54, 1.807) is 0 Å². The third-order valence-electron chi connectivity index (χ3n) is 2.99. The number of unbranched alkanes of at least 4 members (excludes halogenated alkanes) is 2. The first-order chi connectivity index (χ1) is 9.92. The molecule has 0 bridgehead atoms. The van der Waals surface area contributed by atoms with E-state index in [0.29, 0.717) is 0 Å². The molecule has 1 unspecified atom stereocenters. The minimum absolute atomic E-state index is 0.0449. The van der Waals surface area contributed by atoms with Gasteiger partial charge in [0, 0.05) is 0 Å². The molecule has 5 heteroatoms. The smallest absolute Gasteiger partial charge is 0.335 e. The molecule has 0 heterocycles. The van der Waals surface area contributed by atoms with Crippen LogP contribution < -0.4 is 0 Å². The molecule has 1 atom stereocenters. The van der Waals surface area contributed by atoms with Crippen LogP contribution in [0, 0.1) is 0 Å². The van der Waals surface area contributed by atoms with Gasteiger partial charge in [-0.05, 0) is 37.1 Å². The highest BCUT2D eigenvalue weighted by molar-refractivity contribution is 5.91. The summed E-state index contributed by atoms with van der Waals surface area (Å²) in [6, 6.07) is 5.02. The van der Waals surface area contributed by atoms with Crippen LogP contribution in [0.15, 0.2) is 24.3 Å². The normalized spacial score (nSPS) is 11.2. The van der Waals surface area contributed by atoms with Gasteiger partial charge in [-0.2, -0.15) is 0 Å². The third-order valence-corrected chi connectivity index (χ3v) is 2.99. The summed E-state index contributed by atoms with van der Waals surface area (Å²) >= 11 is 0. The highest BCUT2D eigenvalue weighted by Crippen LogP contribution is 2.05. The molecule has 0 fully saturated rings. The number of aromatic carboxylic acids is 2. The zero-order valence-corrected chi connectivity index (χ0v) is 12.6. The Labute approximate surface area is 125 Å². The highest BCUT2D eigenvalue weighted by atomic mass is 16.4. The minimum atomic E-state index is -1.06. The average molecular weight is 296 g/mol. The van der Waals surface area contributed by atoms with Crippen LogP contribution in [0.5, 0.6) is 0 Å². The van der Waals surface area contributed by atoms with Crippen LogP contribution in [0.4, 0.5) is 0 Å². The summed E-state index contributed by atoms with van der Waals surface area (Å²) in [5.41, 5.74) is 0.167. The Morgan fingerprint density at radius 1 is 0.952 bits per heavy atom. The molecule has 1 aromatic carbocycles. The molecule has 3 N–H and O–H groups in total. The van der Waals surface area contributed by atoms with Gasteiger partial charge in [0.1, 0.15) is 0 Å².